The van der Waals surface area contributed by atoms with Gasteiger partial charge in [-0.1, -0.05) is 67.1 Å². The SMILES string of the molecule is c1ccc(CON(CCN2CCCCC2)Cc2ccccc2)cc1. The zero-order valence-corrected chi connectivity index (χ0v) is 14.4. The highest BCUT2D eigenvalue weighted by Crippen LogP contribution is 2.11. The first kappa shape index (κ1) is 17.2. The lowest BCUT2D eigenvalue weighted by Gasteiger charge is -2.29. The van der Waals surface area contributed by atoms with Crippen LogP contribution in [-0.2, 0) is 18.0 Å². The molecule has 3 nitrogen and oxygen atoms in total. The van der Waals surface area contributed by atoms with Crippen molar-refractivity contribution in [1.29, 1.82) is 0 Å². The maximum Gasteiger partial charge on any atom is 0.0936 e. The fourth-order valence-corrected chi connectivity index (χ4v) is 3.15. The molecule has 2 aromatic rings. The first-order valence-corrected chi connectivity index (χ1v) is 9.08. The molecule has 0 aromatic heterocycles. The Bertz CT molecular complexity index is 567. The summed E-state index contributed by atoms with van der Waals surface area (Å²) in [5.74, 6) is 0. The highest BCUT2D eigenvalue weighted by atomic mass is 16.7. The van der Waals surface area contributed by atoms with Gasteiger partial charge in [-0.2, -0.15) is 5.06 Å². The molecule has 1 fully saturated rings. The summed E-state index contributed by atoms with van der Waals surface area (Å²) in [6, 6.07) is 21.0. The van der Waals surface area contributed by atoms with E-state index in [4.69, 9.17) is 4.84 Å². The van der Waals surface area contributed by atoms with Gasteiger partial charge in [-0.3, -0.25) is 4.84 Å². The summed E-state index contributed by atoms with van der Waals surface area (Å²) in [4.78, 5) is 8.69. The molecule has 1 aliphatic heterocycles. The van der Waals surface area contributed by atoms with Gasteiger partial charge in [0.25, 0.3) is 0 Å². The van der Waals surface area contributed by atoms with E-state index >= 15 is 0 Å². The standard InChI is InChI=1S/C21H28N2O/c1-4-10-20(11-5-1)18-23(17-16-22-14-8-3-9-15-22)24-19-21-12-6-2-7-13-21/h1-2,4-7,10-13H,3,8-9,14-19H2. The highest BCUT2D eigenvalue weighted by molar-refractivity contribution is 5.15. The van der Waals surface area contributed by atoms with Crippen LogP contribution in [0.5, 0.6) is 0 Å². The minimum atomic E-state index is 0.633. The number of hydroxylamine groups is 2. The molecule has 3 heteroatoms. The van der Waals surface area contributed by atoms with Gasteiger partial charge < -0.3 is 4.90 Å². The van der Waals surface area contributed by atoms with Crippen molar-refractivity contribution in [2.75, 3.05) is 26.2 Å². The summed E-state index contributed by atoms with van der Waals surface area (Å²) < 4.78 is 0. The molecule has 2 aromatic carbocycles. The van der Waals surface area contributed by atoms with Gasteiger partial charge in [0.1, 0.15) is 0 Å². The number of likely N-dealkylation sites (tertiary alicyclic amines) is 1. The van der Waals surface area contributed by atoms with E-state index in [9.17, 15) is 0 Å². The van der Waals surface area contributed by atoms with Crippen LogP contribution in [0.4, 0.5) is 0 Å². The third kappa shape index (κ3) is 5.75. The summed E-state index contributed by atoms with van der Waals surface area (Å²) in [5, 5.41) is 2.12. The Kier molecular flexibility index (Phi) is 6.84. The van der Waals surface area contributed by atoms with Crippen LogP contribution in [-0.4, -0.2) is 36.1 Å². The average molecular weight is 324 g/mol. The van der Waals surface area contributed by atoms with Crippen molar-refractivity contribution in [3.05, 3.63) is 71.8 Å². The number of hydrogen-bond acceptors (Lipinski definition) is 3. The predicted molar refractivity (Wildman–Crippen MR) is 98.4 cm³/mol. The predicted octanol–water partition coefficient (Wildman–Crippen LogP) is 4.11. The lowest BCUT2D eigenvalue weighted by atomic mass is 10.1. The molecule has 1 saturated heterocycles. The van der Waals surface area contributed by atoms with Crippen molar-refractivity contribution in [2.24, 2.45) is 0 Å². The number of hydrogen-bond donors (Lipinski definition) is 0. The Labute approximate surface area is 145 Å². The average Bonchev–Trinajstić information content (AvgIpc) is 2.66. The highest BCUT2D eigenvalue weighted by Gasteiger charge is 2.13. The summed E-state index contributed by atoms with van der Waals surface area (Å²) >= 11 is 0. The van der Waals surface area contributed by atoms with Gasteiger partial charge in [-0.25, -0.2) is 0 Å². The van der Waals surface area contributed by atoms with E-state index in [2.05, 4.69) is 64.6 Å². The van der Waals surface area contributed by atoms with Gasteiger partial charge in [0, 0.05) is 19.6 Å². The first-order chi connectivity index (χ1) is 11.9. The molecule has 3 rings (SSSR count). The van der Waals surface area contributed by atoms with Crippen LogP contribution in [0.1, 0.15) is 30.4 Å². The molecule has 128 valence electrons. The van der Waals surface area contributed by atoms with E-state index < -0.39 is 0 Å². The monoisotopic (exact) mass is 324 g/mol. The van der Waals surface area contributed by atoms with Crippen molar-refractivity contribution in [3.8, 4) is 0 Å². The molecule has 0 amide bonds. The molecule has 0 bridgehead atoms. The van der Waals surface area contributed by atoms with Gasteiger partial charge in [-0.05, 0) is 37.1 Å². The van der Waals surface area contributed by atoms with E-state index in [-0.39, 0.29) is 0 Å². The van der Waals surface area contributed by atoms with Crippen molar-refractivity contribution in [1.82, 2.24) is 9.96 Å². The largest absolute Gasteiger partial charge is 0.302 e. The Morgan fingerprint density at radius 3 is 2.08 bits per heavy atom. The molecule has 0 atom stereocenters. The van der Waals surface area contributed by atoms with Gasteiger partial charge in [0.05, 0.1) is 6.61 Å². The fraction of sp³-hybridized carbons (Fsp3) is 0.429. The van der Waals surface area contributed by atoms with Crippen LogP contribution in [0, 0.1) is 0 Å². The quantitative estimate of drug-likeness (QED) is 0.680. The van der Waals surface area contributed by atoms with E-state index in [0.717, 1.165) is 19.6 Å². The summed E-state index contributed by atoms with van der Waals surface area (Å²) in [6.07, 6.45) is 4.06. The minimum Gasteiger partial charge on any atom is -0.302 e. The van der Waals surface area contributed by atoms with Crippen LogP contribution in [0.25, 0.3) is 0 Å². The van der Waals surface area contributed by atoms with Crippen LogP contribution >= 0.6 is 0 Å². The lowest BCUT2D eigenvalue weighted by molar-refractivity contribution is -0.179. The van der Waals surface area contributed by atoms with E-state index in [1.807, 2.05) is 6.07 Å². The molecule has 0 saturated carbocycles. The maximum atomic E-state index is 6.13. The van der Waals surface area contributed by atoms with Crippen molar-refractivity contribution >= 4 is 0 Å². The second kappa shape index (κ2) is 9.58. The number of rotatable bonds is 8. The molecule has 24 heavy (non-hydrogen) atoms. The Balaban J connectivity index is 1.54. The second-order valence-corrected chi connectivity index (χ2v) is 6.51. The Morgan fingerprint density at radius 2 is 1.42 bits per heavy atom. The topological polar surface area (TPSA) is 15.7 Å². The zero-order chi connectivity index (χ0) is 16.5. The molecule has 0 unspecified atom stereocenters. The Hall–Kier alpha value is -1.68. The lowest BCUT2D eigenvalue weighted by Crippen LogP contribution is -2.37. The normalized spacial score (nSPS) is 15.7. The van der Waals surface area contributed by atoms with Crippen molar-refractivity contribution in [3.63, 3.8) is 0 Å². The summed E-state index contributed by atoms with van der Waals surface area (Å²) in [7, 11) is 0. The van der Waals surface area contributed by atoms with E-state index in [1.165, 1.54) is 43.5 Å². The maximum absolute atomic E-state index is 6.13. The molecule has 0 N–H and O–H groups in total. The first-order valence-electron chi connectivity index (χ1n) is 9.08. The summed E-state index contributed by atoms with van der Waals surface area (Å²) in [6.45, 7) is 5.97. The van der Waals surface area contributed by atoms with Crippen molar-refractivity contribution in [2.45, 2.75) is 32.4 Å². The molecule has 0 aliphatic carbocycles. The van der Waals surface area contributed by atoms with E-state index in [1.54, 1.807) is 0 Å². The third-order valence-electron chi connectivity index (χ3n) is 4.57. The molecular formula is C21H28N2O. The van der Waals surface area contributed by atoms with Crippen molar-refractivity contribution < 1.29 is 4.84 Å². The number of nitrogens with zero attached hydrogens (tertiary/aromatic N) is 2. The number of piperidine rings is 1. The number of benzene rings is 2. The summed E-state index contributed by atoms with van der Waals surface area (Å²) in [5.41, 5.74) is 2.51. The van der Waals surface area contributed by atoms with Gasteiger partial charge in [0.2, 0.25) is 0 Å². The van der Waals surface area contributed by atoms with Gasteiger partial charge in [-0.15, -0.1) is 0 Å². The van der Waals surface area contributed by atoms with Crippen LogP contribution in [0.2, 0.25) is 0 Å². The zero-order valence-electron chi connectivity index (χ0n) is 14.4. The molecular weight excluding hydrogens is 296 g/mol. The van der Waals surface area contributed by atoms with Crippen LogP contribution in [0.3, 0.4) is 0 Å². The van der Waals surface area contributed by atoms with Gasteiger partial charge in [0.15, 0.2) is 0 Å². The van der Waals surface area contributed by atoms with Crippen LogP contribution < -0.4 is 0 Å². The Morgan fingerprint density at radius 1 is 0.792 bits per heavy atom. The molecule has 1 aliphatic rings. The minimum absolute atomic E-state index is 0.633. The van der Waals surface area contributed by atoms with Gasteiger partial charge >= 0.3 is 0 Å². The smallest absolute Gasteiger partial charge is 0.0936 e. The fourth-order valence-electron chi connectivity index (χ4n) is 3.15. The van der Waals surface area contributed by atoms with Crippen LogP contribution in [0.15, 0.2) is 60.7 Å². The van der Waals surface area contributed by atoms with E-state index in [0.29, 0.717) is 6.61 Å². The third-order valence-corrected chi connectivity index (χ3v) is 4.57. The molecule has 0 spiro atoms. The molecule has 1 heterocycles. The second-order valence-electron chi connectivity index (χ2n) is 6.51. The molecule has 0 radical (unpaired) electrons.